The van der Waals surface area contributed by atoms with Crippen molar-refractivity contribution in [2.24, 2.45) is 0 Å². The zero-order valence-electron chi connectivity index (χ0n) is 21.7. The first-order valence-corrected chi connectivity index (χ1v) is 12.2. The van der Waals surface area contributed by atoms with Crippen LogP contribution in [0.15, 0.2) is 103 Å². The highest BCUT2D eigenvalue weighted by Crippen LogP contribution is 2.26. The molecule has 192 valence electrons. The summed E-state index contributed by atoms with van der Waals surface area (Å²) in [7, 11) is 5.61. The van der Waals surface area contributed by atoms with Crippen LogP contribution in [0.1, 0.15) is 21.5 Å². The van der Waals surface area contributed by atoms with Crippen LogP contribution in [0.3, 0.4) is 0 Å². The Kier molecular flexibility index (Phi) is 8.23. The van der Waals surface area contributed by atoms with Crippen molar-refractivity contribution in [1.29, 1.82) is 0 Å². The van der Waals surface area contributed by atoms with E-state index in [9.17, 15) is 9.59 Å². The molecule has 0 aromatic heterocycles. The second-order valence-corrected chi connectivity index (χ2v) is 9.02. The fraction of sp³-hybridized carbons (Fsp3) is 0.125. The fourth-order valence-corrected chi connectivity index (χ4v) is 4.07. The van der Waals surface area contributed by atoms with Gasteiger partial charge in [0.2, 0.25) is 0 Å². The summed E-state index contributed by atoms with van der Waals surface area (Å²) in [4.78, 5) is 28.4. The number of ether oxygens (including phenoxy) is 1. The molecule has 4 aromatic carbocycles. The molecule has 0 unspecified atom stereocenters. The van der Waals surface area contributed by atoms with Gasteiger partial charge in [0.15, 0.2) is 0 Å². The third-order valence-corrected chi connectivity index (χ3v) is 6.19. The summed E-state index contributed by atoms with van der Waals surface area (Å²) in [6.07, 6.45) is 2.59. The van der Waals surface area contributed by atoms with Gasteiger partial charge in [-0.3, -0.25) is 4.79 Å². The number of methoxy groups -OCH3 is 1. The van der Waals surface area contributed by atoms with E-state index in [1.165, 1.54) is 6.08 Å². The third kappa shape index (κ3) is 6.48. The van der Waals surface area contributed by atoms with Crippen molar-refractivity contribution in [3.8, 4) is 16.9 Å². The van der Waals surface area contributed by atoms with Crippen LogP contribution < -0.4 is 14.5 Å². The maximum absolute atomic E-state index is 13.7. The molecule has 0 fully saturated rings. The van der Waals surface area contributed by atoms with Gasteiger partial charge in [0.25, 0.3) is 5.91 Å². The van der Waals surface area contributed by atoms with E-state index in [4.69, 9.17) is 9.84 Å². The fourth-order valence-electron chi connectivity index (χ4n) is 4.07. The van der Waals surface area contributed by atoms with Crippen molar-refractivity contribution in [1.82, 2.24) is 0 Å². The lowest BCUT2D eigenvalue weighted by atomic mass is 10.0. The van der Waals surface area contributed by atoms with E-state index in [1.54, 1.807) is 42.3 Å². The second-order valence-electron chi connectivity index (χ2n) is 9.02. The molecule has 6 heteroatoms. The monoisotopic (exact) mass is 506 g/mol. The quantitative estimate of drug-likeness (QED) is 0.267. The number of nitrogens with zero attached hydrogens (tertiary/aromatic N) is 2. The van der Waals surface area contributed by atoms with Gasteiger partial charge < -0.3 is 19.6 Å². The average molecular weight is 507 g/mol. The molecule has 0 atom stereocenters. The minimum Gasteiger partial charge on any atom is -0.497 e. The lowest BCUT2D eigenvalue weighted by molar-refractivity contribution is -0.131. The zero-order valence-corrected chi connectivity index (χ0v) is 21.7. The first-order valence-electron chi connectivity index (χ1n) is 12.2. The summed E-state index contributed by atoms with van der Waals surface area (Å²) in [5.41, 5.74) is 6.19. The summed E-state index contributed by atoms with van der Waals surface area (Å²) < 4.78 is 5.23. The number of carbonyl (C=O) groups excluding carboxylic acids is 1. The Morgan fingerprint density at radius 1 is 0.816 bits per heavy atom. The average Bonchev–Trinajstić information content (AvgIpc) is 2.95. The Labute approximate surface area is 223 Å². The molecule has 0 saturated heterocycles. The number of hydrogen-bond donors (Lipinski definition) is 1. The standard InChI is InChI=1S/C32H30N2O4/c1-33(2)28-16-12-26(13-17-28)25-10-7-24(8-11-25)22-34(32(37)27-14-18-30(38-3)19-15-27)29-6-4-5-23(21-29)9-20-31(35)36/h4-21H,22H2,1-3H3,(H,35,36). The minimum atomic E-state index is -1.03. The predicted molar refractivity (Wildman–Crippen MR) is 153 cm³/mol. The maximum atomic E-state index is 13.7. The molecular formula is C32H30N2O4. The van der Waals surface area contributed by atoms with E-state index in [0.29, 0.717) is 29.1 Å². The number of carboxylic acids is 1. The van der Waals surface area contributed by atoms with E-state index in [2.05, 4.69) is 41.3 Å². The number of carboxylic acid groups (broad SMARTS) is 1. The van der Waals surface area contributed by atoms with Crippen LogP contribution in [-0.4, -0.2) is 38.2 Å². The van der Waals surface area contributed by atoms with E-state index < -0.39 is 5.97 Å². The Morgan fingerprint density at radius 3 is 2.03 bits per heavy atom. The van der Waals surface area contributed by atoms with Gasteiger partial charge in [0.05, 0.1) is 13.7 Å². The van der Waals surface area contributed by atoms with Gasteiger partial charge >= 0.3 is 5.97 Å². The van der Waals surface area contributed by atoms with Gasteiger partial charge in [-0.2, -0.15) is 0 Å². The van der Waals surface area contributed by atoms with Crippen LogP contribution >= 0.6 is 0 Å². The molecular weight excluding hydrogens is 476 g/mol. The van der Waals surface area contributed by atoms with Crippen molar-refractivity contribution < 1.29 is 19.4 Å². The largest absolute Gasteiger partial charge is 0.497 e. The van der Waals surface area contributed by atoms with Gasteiger partial charge in [0.1, 0.15) is 5.75 Å². The van der Waals surface area contributed by atoms with Gasteiger partial charge in [0, 0.05) is 37.1 Å². The van der Waals surface area contributed by atoms with Gasteiger partial charge in [-0.1, -0.05) is 48.5 Å². The molecule has 0 aliphatic carbocycles. The van der Waals surface area contributed by atoms with Gasteiger partial charge in [-0.05, 0) is 76.9 Å². The first-order chi connectivity index (χ1) is 18.3. The maximum Gasteiger partial charge on any atom is 0.328 e. The van der Waals surface area contributed by atoms with E-state index in [1.807, 2.05) is 44.4 Å². The molecule has 0 heterocycles. The number of rotatable bonds is 9. The Bertz CT molecular complexity index is 1420. The van der Waals surface area contributed by atoms with E-state index >= 15 is 0 Å². The second kappa shape index (κ2) is 11.9. The number of benzene rings is 4. The Hall–Kier alpha value is -4.84. The van der Waals surface area contributed by atoms with Crippen molar-refractivity contribution in [3.63, 3.8) is 0 Å². The van der Waals surface area contributed by atoms with Crippen LogP contribution in [0, 0.1) is 0 Å². The van der Waals surface area contributed by atoms with Crippen molar-refractivity contribution in [2.75, 3.05) is 31.0 Å². The number of hydrogen-bond acceptors (Lipinski definition) is 4. The zero-order chi connectivity index (χ0) is 27.1. The molecule has 1 N–H and O–H groups in total. The van der Waals surface area contributed by atoms with Crippen molar-refractivity contribution in [2.45, 2.75) is 6.54 Å². The summed E-state index contributed by atoms with van der Waals surface area (Å²) in [6.45, 7) is 0.344. The molecule has 0 radical (unpaired) electrons. The van der Waals surface area contributed by atoms with Crippen LogP contribution in [0.25, 0.3) is 17.2 Å². The molecule has 6 nitrogen and oxygen atoms in total. The number of anilines is 2. The van der Waals surface area contributed by atoms with Crippen LogP contribution in [0.5, 0.6) is 5.75 Å². The summed E-state index contributed by atoms with van der Waals surface area (Å²) >= 11 is 0. The molecule has 0 aliphatic rings. The highest BCUT2D eigenvalue weighted by molar-refractivity contribution is 6.06. The predicted octanol–water partition coefficient (Wildman–Crippen LogP) is 6.37. The lowest BCUT2D eigenvalue weighted by Gasteiger charge is -2.24. The minimum absolute atomic E-state index is 0.171. The van der Waals surface area contributed by atoms with Gasteiger partial charge in [-0.15, -0.1) is 0 Å². The summed E-state index contributed by atoms with van der Waals surface area (Å²) in [5, 5.41) is 9.01. The van der Waals surface area contributed by atoms with Crippen molar-refractivity contribution >= 4 is 29.3 Å². The van der Waals surface area contributed by atoms with Crippen LogP contribution in [-0.2, 0) is 11.3 Å². The Balaban J connectivity index is 1.64. The SMILES string of the molecule is COc1ccc(C(=O)N(Cc2ccc(-c3ccc(N(C)C)cc3)cc2)c2cccc(C=CC(=O)O)c2)cc1. The van der Waals surface area contributed by atoms with E-state index in [-0.39, 0.29) is 5.91 Å². The van der Waals surface area contributed by atoms with Crippen molar-refractivity contribution in [3.05, 3.63) is 120 Å². The highest BCUT2D eigenvalue weighted by Gasteiger charge is 2.19. The topological polar surface area (TPSA) is 70.1 Å². The van der Waals surface area contributed by atoms with Crippen LogP contribution in [0.4, 0.5) is 11.4 Å². The first kappa shape index (κ1) is 26.2. The smallest absolute Gasteiger partial charge is 0.328 e. The highest BCUT2D eigenvalue weighted by atomic mass is 16.5. The molecule has 0 aliphatic heterocycles. The molecule has 0 bridgehead atoms. The van der Waals surface area contributed by atoms with Crippen LogP contribution in [0.2, 0.25) is 0 Å². The number of carbonyl (C=O) groups is 2. The number of amides is 1. The summed E-state index contributed by atoms with van der Waals surface area (Å²) in [6, 6.07) is 30.8. The Morgan fingerprint density at radius 2 is 1.45 bits per heavy atom. The van der Waals surface area contributed by atoms with E-state index in [0.717, 1.165) is 28.5 Å². The molecule has 0 saturated carbocycles. The molecule has 4 rings (SSSR count). The lowest BCUT2D eigenvalue weighted by Crippen LogP contribution is -2.30. The number of aliphatic carboxylic acids is 1. The molecule has 38 heavy (non-hydrogen) atoms. The molecule has 0 spiro atoms. The molecule has 4 aromatic rings. The van der Waals surface area contributed by atoms with Gasteiger partial charge in [-0.25, -0.2) is 4.79 Å². The molecule has 1 amide bonds. The summed E-state index contributed by atoms with van der Waals surface area (Å²) in [5.74, 6) is -0.531. The normalized spacial score (nSPS) is 10.8. The third-order valence-electron chi connectivity index (χ3n) is 6.19.